The molecule has 1 aliphatic carbocycles. The van der Waals surface area contributed by atoms with E-state index in [-0.39, 0.29) is 0 Å². The summed E-state index contributed by atoms with van der Waals surface area (Å²) in [5.41, 5.74) is 0.540. The summed E-state index contributed by atoms with van der Waals surface area (Å²) in [5, 5.41) is 3.48. The zero-order valence-electron chi connectivity index (χ0n) is 8.68. The standard InChI is InChI=1S/C10H21NO/c1-8(2)12-6-5-11-9-7-10(9,3)4/h8-9,11H,5-7H2,1-4H3. The molecule has 0 bridgehead atoms. The van der Waals surface area contributed by atoms with Gasteiger partial charge >= 0.3 is 0 Å². The van der Waals surface area contributed by atoms with Crippen molar-refractivity contribution in [1.82, 2.24) is 5.32 Å². The van der Waals surface area contributed by atoms with Gasteiger partial charge in [0.1, 0.15) is 0 Å². The van der Waals surface area contributed by atoms with Crippen molar-refractivity contribution in [2.75, 3.05) is 13.2 Å². The Labute approximate surface area is 75.7 Å². The topological polar surface area (TPSA) is 21.3 Å². The lowest BCUT2D eigenvalue weighted by molar-refractivity contribution is 0.0803. The highest BCUT2D eigenvalue weighted by Crippen LogP contribution is 2.44. The molecule has 0 heterocycles. The van der Waals surface area contributed by atoms with Crippen molar-refractivity contribution in [2.45, 2.75) is 46.3 Å². The van der Waals surface area contributed by atoms with Crippen LogP contribution in [0.2, 0.25) is 0 Å². The number of rotatable bonds is 5. The van der Waals surface area contributed by atoms with Crippen molar-refractivity contribution in [3.63, 3.8) is 0 Å². The quantitative estimate of drug-likeness (QED) is 0.637. The van der Waals surface area contributed by atoms with Crippen LogP contribution in [0.3, 0.4) is 0 Å². The monoisotopic (exact) mass is 171 g/mol. The van der Waals surface area contributed by atoms with Crippen LogP contribution in [0.4, 0.5) is 0 Å². The Morgan fingerprint density at radius 2 is 2.08 bits per heavy atom. The molecule has 0 aromatic carbocycles. The second kappa shape index (κ2) is 3.75. The molecule has 2 nitrogen and oxygen atoms in total. The molecule has 0 aromatic heterocycles. The van der Waals surface area contributed by atoms with Gasteiger partial charge in [0.25, 0.3) is 0 Å². The number of nitrogens with one attached hydrogen (secondary N) is 1. The van der Waals surface area contributed by atoms with Crippen LogP contribution in [0.5, 0.6) is 0 Å². The fourth-order valence-electron chi connectivity index (χ4n) is 1.34. The molecule has 1 atom stereocenters. The highest BCUT2D eigenvalue weighted by molar-refractivity contribution is 5.01. The van der Waals surface area contributed by atoms with E-state index in [2.05, 4.69) is 33.0 Å². The Hall–Kier alpha value is -0.0800. The van der Waals surface area contributed by atoms with Gasteiger partial charge in [-0.05, 0) is 25.7 Å². The smallest absolute Gasteiger partial charge is 0.0594 e. The van der Waals surface area contributed by atoms with Gasteiger partial charge < -0.3 is 10.1 Å². The van der Waals surface area contributed by atoms with E-state index in [1.165, 1.54) is 6.42 Å². The summed E-state index contributed by atoms with van der Waals surface area (Å²) in [4.78, 5) is 0. The van der Waals surface area contributed by atoms with E-state index >= 15 is 0 Å². The molecule has 12 heavy (non-hydrogen) atoms. The maximum absolute atomic E-state index is 5.43. The normalized spacial score (nSPS) is 26.2. The van der Waals surface area contributed by atoms with E-state index < -0.39 is 0 Å². The molecule has 1 saturated carbocycles. The first-order chi connectivity index (χ1) is 5.52. The fraction of sp³-hybridized carbons (Fsp3) is 1.00. The molecule has 0 aromatic rings. The summed E-state index contributed by atoms with van der Waals surface area (Å²) >= 11 is 0. The molecule has 1 fully saturated rings. The third kappa shape index (κ3) is 3.11. The zero-order valence-corrected chi connectivity index (χ0v) is 8.68. The van der Waals surface area contributed by atoms with Crippen LogP contribution in [-0.2, 0) is 4.74 Å². The highest BCUT2D eigenvalue weighted by atomic mass is 16.5. The van der Waals surface area contributed by atoms with Crippen LogP contribution in [-0.4, -0.2) is 25.3 Å². The van der Waals surface area contributed by atoms with Crippen molar-refractivity contribution in [3.8, 4) is 0 Å². The van der Waals surface area contributed by atoms with E-state index in [0.717, 1.165) is 19.2 Å². The predicted molar refractivity (Wildman–Crippen MR) is 51.3 cm³/mol. The van der Waals surface area contributed by atoms with Gasteiger partial charge in [0.05, 0.1) is 12.7 Å². The van der Waals surface area contributed by atoms with Gasteiger partial charge in [0, 0.05) is 12.6 Å². The second-order valence-corrected chi connectivity index (χ2v) is 4.62. The van der Waals surface area contributed by atoms with Crippen molar-refractivity contribution in [2.24, 2.45) is 5.41 Å². The molecule has 0 saturated heterocycles. The first-order valence-electron chi connectivity index (χ1n) is 4.87. The molecule has 1 rings (SSSR count). The maximum Gasteiger partial charge on any atom is 0.0594 e. The van der Waals surface area contributed by atoms with Crippen molar-refractivity contribution >= 4 is 0 Å². The van der Waals surface area contributed by atoms with E-state index in [4.69, 9.17) is 4.74 Å². The van der Waals surface area contributed by atoms with Crippen LogP contribution in [0, 0.1) is 5.41 Å². The molecule has 72 valence electrons. The Morgan fingerprint density at radius 3 is 2.50 bits per heavy atom. The van der Waals surface area contributed by atoms with E-state index in [1.54, 1.807) is 0 Å². The van der Waals surface area contributed by atoms with Gasteiger partial charge in [-0.25, -0.2) is 0 Å². The predicted octanol–water partition coefficient (Wildman–Crippen LogP) is 1.80. The SMILES string of the molecule is CC(C)OCCNC1CC1(C)C. The summed E-state index contributed by atoms with van der Waals surface area (Å²) in [6.07, 6.45) is 1.67. The lowest BCUT2D eigenvalue weighted by Crippen LogP contribution is -2.25. The Morgan fingerprint density at radius 1 is 1.50 bits per heavy atom. The Kier molecular flexibility index (Phi) is 3.13. The van der Waals surface area contributed by atoms with Gasteiger partial charge in [-0.3, -0.25) is 0 Å². The number of ether oxygens (including phenoxy) is 1. The van der Waals surface area contributed by atoms with Crippen LogP contribution < -0.4 is 5.32 Å². The fourth-order valence-corrected chi connectivity index (χ4v) is 1.34. The van der Waals surface area contributed by atoms with Gasteiger partial charge in [0.15, 0.2) is 0 Å². The molecule has 1 unspecified atom stereocenters. The van der Waals surface area contributed by atoms with Gasteiger partial charge in [0.2, 0.25) is 0 Å². The third-order valence-corrected chi connectivity index (χ3v) is 2.46. The molecule has 1 N–H and O–H groups in total. The highest BCUT2D eigenvalue weighted by Gasteiger charge is 2.44. The summed E-state index contributed by atoms with van der Waals surface area (Å²) < 4.78 is 5.43. The minimum atomic E-state index is 0.360. The maximum atomic E-state index is 5.43. The van der Waals surface area contributed by atoms with E-state index in [0.29, 0.717) is 11.5 Å². The molecule has 2 heteroatoms. The number of hydrogen-bond donors (Lipinski definition) is 1. The molecule has 0 amide bonds. The molecule has 0 aliphatic heterocycles. The minimum absolute atomic E-state index is 0.360. The summed E-state index contributed by atoms with van der Waals surface area (Å²) in [7, 11) is 0. The second-order valence-electron chi connectivity index (χ2n) is 4.62. The Bertz CT molecular complexity index is 143. The zero-order chi connectivity index (χ0) is 9.19. The average molecular weight is 171 g/mol. The van der Waals surface area contributed by atoms with Crippen LogP contribution in [0.25, 0.3) is 0 Å². The molecular weight excluding hydrogens is 150 g/mol. The van der Waals surface area contributed by atoms with Crippen LogP contribution >= 0.6 is 0 Å². The first kappa shape index (κ1) is 10.0. The molecule has 1 aliphatic rings. The molecular formula is C10H21NO. The average Bonchev–Trinajstić information content (AvgIpc) is 2.51. The van der Waals surface area contributed by atoms with Crippen molar-refractivity contribution < 1.29 is 4.74 Å². The lowest BCUT2D eigenvalue weighted by atomic mass is 10.2. The first-order valence-corrected chi connectivity index (χ1v) is 4.87. The van der Waals surface area contributed by atoms with Gasteiger partial charge in [-0.15, -0.1) is 0 Å². The largest absolute Gasteiger partial charge is 0.377 e. The third-order valence-electron chi connectivity index (χ3n) is 2.46. The van der Waals surface area contributed by atoms with Gasteiger partial charge in [-0.2, -0.15) is 0 Å². The van der Waals surface area contributed by atoms with E-state index in [9.17, 15) is 0 Å². The summed E-state index contributed by atoms with van der Waals surface area (Å²) in [6.45, 7) is 10.6. The summed E-state index contributed by atoms with van der Waals surface area (Å²) in [5.74, 6) is 0. The molecule has 0 radical (unpaired) electrons. The van der Waals surface area contributed by atoms with Crippen LogP contribution in [0.15, 0.2) is 0 Å². The van der Waals surface area contributed by atoms with Crippen LogP contribution in [0.1, 0.15) is 34.1 Å². The lowest BCUT2D eigenvalue weighted by Gasteiger charge is -2.09. The van der Waals surface area contributed by atoms with Crippen molar-refractivity contribution in [3.05, 3.63) is 0 Å². The Balaban J connectivity index is 1.91. The summed E-state index contributed by atoms with van der Waals surface area (Å²) in [6, 6.07) is 0.730. The molecule has 0 spiro atoms. The number of hydrogen-bond acceptors (Lipinski definition) is 2. The van der Waals surface area contributed by atoms with Gasteiger partial charge in [-0.1, -0.05) is 13.8 Å². The van der Waals surface area contributed by atoms with Crippen molar-refractivity contribution in [1.29, 1.82) is 0 Å². The van der Waals surface area contributed by atoms with E-state index in [1.807, 2.05) is 0 Å². The minimum Gasteiger partial charge on any atom is -0.377 e.